The minimum atomic E-state index is -1.68. The van der Waals surface area contributed by atoms with Crippen molar-refractivity contribution in [1.29, 1.82) is 0 Å². The summed E-state index contributed by atoms with van der Waals surface area (Å²) in [5, 5.41) is 0. The van der Waals surface area contributed by atoms with Crippen LogP contribution < -0.4 is 14.2 Å². The first-order chi connectivity index (χ1) is 28.6. The smallest absolute Gasteiger partial charge is 0.338 e. The van der Waals surface area contributed by atoms with E-state index in [2.05, 4.69) is 15.9 Å². The molecule has 59 heavy (non-hydrogen) atoms. The molecule has 0 unspecified atom stereocenters. The van der Waals surface area contributed by atoms with Crippen LogP contribution in [0, 0.1) is 0 Å². The second-order valence-corrected chi connectivity index (χ2v) is 13.5. The Kier molecular flexibility index (Phi) is 14.2. The molecule has 1 aliphatic rings. The van der Waals surface area contributed by atoms with Crippen LogP contribution in [0.15, 0.2) is 140 Å². The lowest BCUT2D eigenvalue weighted by Crippen LogP contribution is -2.64. The molecule has 302 valence electrons. The Bertz CT molecular complexity index is 2240. The van der Waals surface area contributed by atoms with Crippen LogP contribution in [0.5, 0.6) is 17.2 Å². The normalized spacial score (nSPS) is 18.5. The number of allylic oxidation sites excluding steroid dienone is 1. The quantitative estimate of drug-likeness (QED) is 0.0448. The minimum Gasteiger partial charge on any atom is -0.493 e. The lowest BCUT2D eigenvalue weighted by Gasteiger charge is -2.44. The molecule has 0 aliphatic carbocycles. The zero-order chi connectivity index (χ0) is 41.7. The molecule has 5 atom stereocenters. The van der Waals surface area contributed by atoms with Crippen LogP contribution in [-0.4, -0.2) is 80.1 Å². The number of methoxy groups -OCH3 is 2. The Labute approximate surface area is 347 Å². The molecule has 0 aromatic heterocycles. The van der Waals surface area contributed by atoms with Gasteiger partial charge in [0.05, 0.1) is 36.5 Å². The summed E-state index contributed by atoms with van der Waals surface area (Å²) in [6.07, 6.45) is -5.22. The van der Waals surface area contributed by atoms with Gasteiger partial charge in [-0.25, -0.2) is 19.2 Å². The molecule has 5 aromatic rings. The van der Waals surface area contributed by atoms with E-state index in [1.807, 2.05) is 0 Å². The largest absolute Gasteiger partial charge is 0.493 e. The summed E-state index contributed by atoms with van der Waals surface area (Å²) in [5.74, 6) is -3.16. The van der Waals surface area contributed by atoms with Gasteiger partial charge >= 0.3 is 23.9 Å². The van der Waals surface area contributed by atoms with Gasteiger partial charge in [-0.05, 0) is 88.2 Å². The summed E-state index contributed by atoms with van der Waals surface area (Å²) in [6.45, 7) is -0.558. The van der Waals surface area contributed by atoms with E-state index in [-0.39, 0.29) is 44.2 Å². The van der Waals surface area contributed by atoms with Gasteiger partial charge in [-0.3, -0.25) is 4.79 Å². The zero-order valence-electron chi connectivity index (χ0n) is 31.6. The van der Waals surface area contributed by atoms with E-state index in [1.54, 1.807) is 97.1 Å². The number of hydrogen-bond acceptors (Lipinski definition) is 13. The van der Waals surface area contributed by atoms with E-state index in [0.29, 0.717) is 5.56 Å². The first-order valence-electron chi connectivity index (χ1n) is 18.1. The molecule has 14 heteroatoms. The van der Waals surface area contributed by atoms with Gasteiger partial charge in [0.1, 0.15) is 12.7 Å². The summed E-state index contributed by atoms with van der Waals surface area (Å²) in [5.41, 5.74) is 1.11. The molecular formula is C45H37BrO13. The monoisotopic (exact) mass is 864 g/mol. The Morgan fingerprint density at radius 3 is 1.41 bits per heavy atom. The highest BCUT2D eigenvalue weighted by Gasteiger charge is 2.54. The minimum absolute atomic E-state index is 0.0454. The van der Waals surface area contributed by atoms with Crippen molar-refractivity contribution < 1.29 is 61.9 Å². The molecule has 0 radical (unpaired) electrons. The molecule has 1 aliphatic heterocycles. The van der Waals surface area contributed by atoms with Crippen LogP contribution in [0.4, 0.5) is 0 Å². The van der Waals surface area contributed by atoms with Crippen molar-refractivity contribution in [3.63, 3.8) is 0 Å². The van der Waals surface area contributed by atoms with Crippen LogP contribution >= 0.6 is 15.9 Å². The molecule has 0 amide bonds. The van der Waals surface area contributed by atoms with Crippen molar-refractivity contribution in [1.82, 2.24) is 0 Å². The molecule has 1 saturated heterocycles. The summed E-state index contributed by atoms with van der Waals surface area (Å²) in [7, 11) is 2.74. The predicted molar refractivity (Wildman–Crippen MR) is 215 cm³/mol. The highest BCUT2D eigenvalue weighted by atomic mass is 79.9. The van der Waals surface area contributed by atoms with Crippen molar-refractivity contribution in [2.24, 2.45) is 0 Å². The molecule has 5 aromatic carbocycles. The van der Waals surface area contributed by atoms with Crippen LogP contribution in [0.3, 0.4) is 0 Å². The molecule has 1 fully saturated rings. The average Bonchev–Trinajstić information content (AvgIpc) is 3.27. The molecule has 0 saturated carbocycles. The number of carbonyl (C=O) groups excluding carboxylic acids is 5. The van der Waals surface area contributed by atoms with Crippen LogP contribution in [-0.2, 0) is 28.5 Å². The number of hydrogen-bond donors (Lipinski definition) is 0. The fourth-order valence-electron chi connectivity index (χ4n) is 6.01. The van der Waals surface area contributed by atoms with Crippen LogP contribution in [0.1, 0.15) is 47.0 Å². The van der Waals surface area contributed by atoms with E-state index < -0.39 is 61.2 Å². The highest BCUT2D eigenvalue weighted by Crippen LogP contribution is 2.42. The number of carbonyl (C=O) groups is 5. The maximum atomic E-state index is 13.9. The highest BCUT2D eigenvalue weighted by molar-refractivity contribution is 9.18. The van der Waals surface area contributed by atoms with Gasteiger partial charge in [0.2, 0.25) is 22.8 Å². The summed E-state index contributed by atoms with van der Waals surface area (Å²) in [6, 6.07) is 35.3. The van der Waals surface area contributed by atoms with Crippen molar-refractivity contribution in [2.75, 3.05) is 20.8 Å². The standard InChI is InChI=1S/C45H37BrO13/c1-52-33-25-28(23-24-36(46)47)26-34(53-2)37(33)59-45-40(58-44(51)32-21-13-6-14-22-32)39(57-43(50)31-19-11-5-12-20-31)38(56-42(49)30-17-9-4-10-18-30)35(55-45)27-54-41(48)29-15-7-3-8-16-29/h3-26,35,38-40,45H,27H2,1-2H3/b24-23+/t35-,38-,39+,40-,45+/m1/s1. The molecule has 6 rings (SSSR count). The van der Waals surface area contributed by atoms with Crippen molar-refractivity contribution in [3.05, 3.63) is 167 Å². The molecule has 0 spiro atoms. The van der Waals surface area contributed by atoms with Crippen LogP contribution in [0.25, 0.3) is 6.08 Å². The fourth-order valence-corrected chi connectivity index (χ4v) is 6.14. The molecule has 0 N–H and O–H groups in total. The third-order valence-electron chi connectivity index (χ3n) is 8.86. The Morgan fingerprint density at radius 2 is 0.983 bits per heavy atom. The zero-order valence-corrected chi connectivity index (χ0v) is 33.2. The fraction of sp³-hybridized carbons (Fsp3) is 0.178. The predicted octanol–water partition coefficient (Wildman–Crippen LogP) is 7.28. The third kappa shape index (κ3) is 10.8. The Balaban J connectivity index is 1.48. The van der Waals surface area contributed by atoms with Gasteiger partial charge in [0, 0.05) is 0 Å². The summed E-state index contributed by atoms with van der Waals surface area (Å²) in [4.78, 5) is 66.6. The number of halogens is 1. The molecular weight excluding hydrogens is 828 g/mol. The molecule has 13 nitrogen and oxygen atoms in total. The second-order valence-electron chi connectivity index (χ2n) is 12.7. The van der Waals surface area contributed by atoms with E-state index in [9.17, 15) is 24.0 Å². The van der Waals surface area contributed by atoms with E-state index >= 15 is 0 Å². The maximum absolute atomic E-state index is 13.9. The van der Waals surface area contributed by atoms with Crippen molar-refractivity contribution >= 4 is 50.6 Å². The number of rotatable bonds is 15. The molecule has 0 bridgehead atoms. The van der Waals surface area contributed by atoms with Gasteiger partial charge in [-0.15, -0.1) is 0 Å². The lowest BCUT2D eigenvalue weighted by molar-refractivity contribution is -0.275. The number of ether oxygens (including phenoxy) is 8. The second kappa shape index (κ2) is 20.1. The van der Waals surface area contributed by atoms with Gasteiger partial charge in [0.15, 0.2) is 23.7 Å². The van der Waals surface area contributed by atoms with Gasteiger partial charge in [-0.2, -0.15) is 0 Å². The van der Waals surface area contributed by atoms with E-state index in [0.717, 1.165) is 0 Å². The van der Waals surface area contributed by atoms with Gasteiger partial charge in [-0.1, -0.05) is 78.9 Å². The van der Waals surface area contributed by atoms with Crippen LogP contribution in [0.2, 0.25) is 0 Å². The van der Waals surface area contributed by atoms with Gasteiger partial charge in [0.25, 0.3) is 0 Å². The molecule has 1 heterocycles. The lowest BCUT2D eigenvalue weighted by atomic mass is 9.97. The first-order valence-corrected chi connectivity index (χ1v) is 18.9. The first kappa shape index (κ1) is 41.9. The SMILES string of the molecule is COc1cc(/C=C/C(=O)Br)cc(OC)c1O[C@@H]1O[C@H](COC(=O)c2ccccc2)[C@@H](OC(=O)c2ccccc2)[C@H](OC(=O)c2ccccc2)[C@H]1OC(=O)c1ccccc1. The maximum Gasteiger partial charge on any atom is 0.338 e. The number of benzene rings is 5. The Hall–Kier alpha value is -6.77. The van der Waals surface area contributed by atoms with Crippen molar-refractivity contribution in [3.8, 4) is 17.2 Å². The van der Waals surface area contributed by atoms with E-state index in [4.69, 9.17) is 37.9 Å². The third-order valence-corrected chi connectivity index (χ3v) is 9.13. The summed E-state index contributed by atoms with van der Waals surface area (Å²) >= 11 is 2.87. The van der Waals surface area contributed by atoms with Gasteiger partial charge < -0.3 is 37.9 Å². The Morgan fingerprint density at radius 1 is 0.576 bits per heavy atom. The average molecular weight is 866 g/mol. The van der Waals surface area contributed by atoms with E-state index in [1.165, 1.54) is 62.8 Å². The number of esters is 4. The summed E-state index contributed by atoms with van der Waals surface area (Å²) < 4.78 is 48.0. The van der Waals surface area contributed by atoms with Crippen molar-refractivity contribution in [2.45, 2.75) is 30.7 Å². The topological polar surface area (TPSA) is 159 Å².